The molecule has 6 heteroatoms. The number of hydrogen-bond donors (Lipinski definition) is 0. The molecule has 1 aromatic carbocycles. The van der Waals surface area contributed by atoms with Gasteiger partial charge < -0.3 is 0 Å². The van der Waals surface area contributed by atoms with Gasteiger partial charge >= 0.3 is 5.69 Å². The Hall–Kier alpha value is -1.85. The molecule has 0 spiro atoms. The first kappa shape index (κ1) is 15.1. The van der Waals surface area contributed by atoms with E-state index in [1.54, 1.807) is 7.05 Å². The summed E-state index contributed by atoms with van der Waals surface area (Å²) >= 11 is 0. The Kier molecular flexibility index (Phi) is 3.50. The molecule has 0 atom stereocenters. The van der Waals surface area contributed by atoms with Crippen molar-refractivity contribution in [3.05, 3.63) is 33.7 Å². The molecule has 0 bridgehead atoms. The Morgan fingerprint density at radius 3 is 2.50 bits per heavy atom. The first-order chi connectivity index (χ1) is 10.3. The molecule has 1 saturated carbocycles. The average Bonchev–Trinajstić information content (AvgIpc) is 3.27. The Labute approximate surface area is 131 Å². The van der Waals surface area contributed by atoms with E-state index >= 15 is 0 Å². The number of nitrogens with zero attached hydrogens (tertiary/aromatic N) is 4. The lowest BCUT2D eigenvalue weighted by molar-refractivity contribution is 0.508. The van der Waals surface area contributed by atoms with Crippen molar-refractivity contribution in [2.75, 3.05) is 0 Å². The van der Waals surface area contributed by atoms with Gasteiger partial charge in [-0.2, -0.15) is 9.36 Å². The van der Waals surface area contributed by atoms with Crippen LogP contribution in [0.25, 0.3) is 5.69 Å². The van der Waals surface area contributed by atoms with Gasteiger partial charge in [-0.1, -0.05) is 32.3 Å². The summed E-state index contributed by atoms with van der Waals surface area (Å²) in [4.78, 5) is 12.3. The number of benzene rings is 1. The monoisotopic (exact) mass is 298 g/mol. The van der Waals surface area contributed by atoms with E-state index in [1.807, 2.05) is 0 Å². The molecule has 0 unspecified atom stereocenters. The van der Waals surface area contributed by atoms with Crippen LogP contribution in [-0.2, 0) is 12.5 Å². The van der Waals surface area contributed by atoms with Gasteiger partial charge in [0.1, 0.15) is 7.85 Å². The van der Waals surface area contributed by atoms with Gasteiger partial charge in [-0.3, -0.25) is 0 Å². The summed E-state index contributed by atoms with van der Waals surface area (Å²) in [7, 11) is 3.80. The third-order valence-corrected chi connectivity index (χ3v) is 4.95. The van der Waals surface area contributed by atoms with Gasteiger partial charge in [-0.15, -0.1) is 0 Å². The van der Waals surface area contributed by atoms with Crippen LogP contribution in [0.3, 0.4) is 0 Å². The summed E-state index contributed by atoms with van der Waals surface area (Å²) in [6, 6.07) is 4.41. The van der Waals surface area contributed by atoms with Gasteiger partial charge in [0, 0.05) is 7.05 Å². The van der Waals surface area contributed by atoms with Crippen molar-refractivity contribution < 1.29 is 0 Å². The molecule has 22 heavy (non-hydrogen) atoms. The van der Waals surface area contributed by atoms with Crippen LogP contribution in [0.5, 0.6) is 0 Å². The van der Waals surface area contributed by atoms with Crippen molar-refractivity contribution in [3.63, 3.8) is 0 Å². The molecule has 1 fully saturated rings. The van der Waals surface area contributed by atoms with Crippen molar-refractivity contribution in [1.29, 1.82) is 0 Å². The Morgan fingerprint density at radius 1 is 1.32 bits per heavy atom. The Balaban J connectivity index is 2.25. The normalized spacial score (nSPS) is 15.3. The fourth-order valence-electron chi connectivity index (χ4n) is 3.01. The molecule has 1 aliphatic rings. The topological polar surface area (TPSA) is 52.7 Å². The SMILES string of the molecule is Bc1cc(C2CC2)c(-n2nnn(C)c2=O)cc1C(C)(C)CC. The molecular weight excluding hydrogens is 275 g/mol. The lowest BCUT2D eigenvalue weighted by Crippen LogP contribution is -2.29. The largest absolute Gasteiger partial charge is 0.368 e. The van der Waals surface area contributed by atoms with Crippen LogP contribution in [0, 0.1) is 0 Å². The second kappa shape index (κ2) is 5.11. The highest BCUT2D eigenvalue weighted by Crippen LogP contribution is 2.43. The molecule has 0 amide bonds. The van der Waals surface area contributed by atoms with Crippen molar-refractivity contribution >= 4 is 13.3 Å². The maximum atomic E-state index is 12.3. The second-order valence-electron chi connectivity index (χ2n) is 7.03. The number of hydrogen-bond acceptors (Lipinski definition) is 3. The van der Waals surface area contributed by atoms with E-state index in [9.17, 15) is 4.79 Å². The van der Waals surface area contributed by atoms with E-state index in [4.69, 9.17) is 0 Å². The van der Waals surface area contributed by atoms with Gasteiger partial charge in [0.2, 0.25) is 0 Å². The Morgan fingerprint density at radius 2 is 2.00 bits per heavy atom. The highest BCUT2D eigenvalue weighted by molar-refractivity contribution is 6.33. The highest BCUT2D eigenvalue weighted by atomic mass is 16.2. The van der Waals surface area contributed by atoms with Crippen LogP contribution in [0.4, 0.5) is 0 Å². The van der Waals surface area contributed by atoms with E-state index in [2.05, 4.69) is 51.2 Å². The number of tetrazole rings is 1. The third kappa shape index (κ3) is 2.40. The molecule has 0 aliphatic heterocycles. The summed E-state index contributed by atoms with van der Waals surface area (Å²) in [6.45, 7) is 6.69. The van der Waals surface area contributed by atoms with E-state index in [0.717, 1.165) is 12.1 Å². The summed E-state index contributed by atoms with van der Waals surface area (Å²) in [6.07, 6.45) is 3.43. The minimum Gasteiger partial charge on any atom is -0.244 e. The third-order valence-electron chi connectivity index (χ3n) is 4.95. The molecule has 0 saturated heterocycles. The van der Waals surface area contributed by atoms with Crippen molar-refractivity contribution in [1.82, 2.24) is 19.8 Å². The van der Waals surface area contributed by atoms with Crippen LogP contribution in [-0.4, -0.2) is 27.6 Å². The maximum absolute atomic E-state index is 12.3. The van der Waals surface area contributed by atoms with Crippen molar-refractivity contribution in [2.24, 2.45) is 7.05 Å². The quantitative estimate of drug-likeness (QED) is 0.784. The number of aryl methyl sites for hydroxylation is 1. The highest BCUT2D eigenvalue weighted by Gasteiger charge is 2.30. The molecule has 1 heterocycles. The summed E-state index contributed by atoms with van der Waals surface area (Å²) in [5, 5.41) is 7.92. The van der Waals surface area contributed by atoms with E-state index in [0.29, 0.717) is 5.92 Å². The predicted molar refractivity (Wildman–Crippen MR) is 90.1 cm³/mol. The molecule has 5 nitrogen and oxygen atoms in total. The fourth-order valence-corrected chi connectivity index (χ4v) is 3.01. The molecule has 1 aromatic heterocycles. The summed E-state index contributed by atoms with van der Waals surface area (Å²) in [5.74, 6) is 0.557. The van der Waals surface area contributed by atoms with Gasteiger partial charge in [0.05, 0.1) is 5.69 Å². The summed E-state index contributed by atoms with van der Waals surface area (Å²) < 4.78 is 2.73. The summed E-state index contributed by atoms with van der Waals surface area (Å²) in [5.41, 5.74) is 4.61. The zero-order chi connectivity index (χ0) is 16.1. The van der Waals surface area contributed by atoms with E-state index in [1.165, 1.54) is 38.8 Å². The van der Waals surface area contributed by atoms with Gasteiger partial charge in [-0.05, 0) is 58.2 Å². The minimum atomic E-state index is -0.189. The second-order valence-corrected chi connectivity index (χ2v) is 7.03. The first-order valence-electron chi connectivity index (χ1n) is 7.99. The van der Waals surface area contributed by atoms with E-state index < -0.39 is 0 Å². The van der Waals surface area contributed by atoms with Crippen molar-refractivity contribution in [2.45, 2.75) is 51.4 Å². The average molecular weight is 298 g/mol. The standard InChI is InChI=1S/C16H23BN4O/c1-5-16(2,3)12-9-14(21-15(22)20(4)18-19-21)11(8-13(12)17)10-6-7-10/h8-10H,5-7,17H2,1-4H3. The van der Waals surface area contributed by atoms with Crippen LogP contribution in [0.15, 0.2) is 16.9 Å². The first-order valence-corrected chi connectivity index (χ1v) is 7.99. The molecular formula is C16H23BN4O. The fraction of sp³-hybridized carbons (Fsp3) is 0.562. The molecule has 116 valence electrons. The molecule has 0 N–H and O–H groups in total. The maximum Gasteiger partial charge on any atom is 0.368 e. The molecule has 0 radical (unpaired) electrons. The molecule has 3 rings (SSSR count). The van der Waals surface area contributed by atoms with Gasteiger partial charge in [0.25, 0.3) is 0 Å². The van der Waals surface area contributed by atoms with Crippen LogP contribution in [0.2, 0.25) is 0 Å². The van der Waals surface area contributed by atoms with Gasteiger partial charge in [0.15, 0.2) is 0 Å². The minimum absolute atomic E-state index is 0.0761. The lowest BCUT2D eigenvalue weighted by atomic mass is 9.73. The van der Waals surface area contributed by atoms with E-state index in [-0.39, 0.29) is 11.1 Å². The Bertz CT molecular complexity index is 771. The van der Waals surface area contributed by atoms with Crippen LogP contribution < -0.4 is 11.2 Å². The smallest absolute Gasteiger partial charge is 0.244 e. The van der Waals surface area contributed by atoms with Crippen LogP contribution in [0.1, 0.15) is 57.1 Å². The van der Waals surface area contributed by atoms with Gasteiger partial charge in [-0.25, -0.2) is 4.79 Å². The number of aromatic nitrogens is 4. The molecule has 2 aromatic rings. The zero-order valence-electron chi connectivity index (χ0n) is 14.1. The predicted octanol–water partition coefficient (Wildman–Crippen LogP) is 0.789. The van der Waals surface area contributed by atoms with Crippen molar-refractivity contribution in [3.8, 4) is 5.69 Å². The van der Waals surface area contributed by atoms with Crippen LogP contribution >= 0.6 is 0 Å². The zero-order valence-corrected chi connectivity index (χ0v) is 14.1. The number of rotatable bonds is 4. The molecule has 1 aliphatic carbocycles. The lowest BCUT2D eigenvalue weighted by Gasteiger charge is -2.27.